The molecule has 0 bridgehead atoms. The van der Waals surface area contributed by atoms with Crippen LogP contribution >= 0.6 is 0 Å². The lowest BCUT2D eigenvalue weighted by Gasteiger charge is -2.30. The average molecular weight is 407 g/mol. The first-order chi connectivity index (χ1) is 14.1. The Bertz CT molecular complexity index is 528. The maximum absolute atomic E-state index is 11.2. The molecule has 0 spiro atoms. The number of carbonyl (C=O) groups is 1. The number of rotatable bonds is 19. The molecular weight excluding hydrogens is 362 g/mol. The Balaban J connectivity index is 2.04. The number of quaternary nitrogens is 1. The van der Waals surface area contributed by atoms with Gasteiger partial charge in [-0.25, -0.2) is 14.3 Å². The molecule has 1 rings (SSSR count). The molecule has 0 saturated carbocycles. The number of hydrogen-bond acceptors (Lipinski definition) is 3. The van der Waals surface area contributed by atoms with Gasteiger partial charge in [-0.1, -0.05) is 70.4 Å². The zero-order valence-corrected chi connectivity index (χ0v) is 18.7. The summed E-state index contributed by atoms with van der Waals surface area (Å²) in [7, 11) is 0. The summed E-state index contributed by atoms with van der Waals surface area (Å²) in [5, 5.41) is 9.24. The number of nitrogens with two attached hydrogens (primary N) is 1. The van der Waals surface area contributed by atoms with Crippen molar-refractivity contribution >= 4 is 11.8 Å². The first-order valence-corrected chi connectivity index (χ1v) is 11.8. The SMILES string of the molecule is CCCCCCCCC/C=C/CCCCCCC1=NC=C[N+]1(CCN)CC(=O)O. The molecule has 29 heavy (non-hydrogen) atoms. The third-order valence-corrected chi connectivity index (χ3v) is 5.70. The Kier molecular flexibility index (Phi) is 14.4. The number of carboxylic acid groups (broad SMARTS) is 1. The number of nitrogens with zero attached hydrogens (tertiary/aromatic N) is 2. The van der Waals surface area contributed by atoms with E-state index in [0.29, 0.717) is 17.6 Å². The van der Waals surface area contributed by atoms with Crippen LogP contribution in [0.25, 0.3) is 0 Å². The fraction of sp³-hybridized carbons (Fsp3) is 0.750. The maximum Gasteiger partial charge on any atom is 0.360 e. The van der Waals surface area contributed by atoms with E-state index in [1.54, 1.807) is 6.20 Å². The molecule has 0 aromatic rings. The van der Waals surface area contributed by atoms with Crippen LogP contribution in [-0.4, -0.2) is 41.0 Å². The molecule has 0 aromatic carbocycles. The van der Waals surface area contributed by atoms with E-state index in [1.165, 1.54) is 77.0 Å². The van der Waals surface area contributed by atoms with Gasteiger partial charge in [0.1, 0.15) is 12.7 Å². The van der Waals surface area contributed by atoms with Crippen molar-refractivity contribution in [2.75, 3.05) is 19.6 Å². The summed E-state index contributed by atoms with van der Waals surface area (Å²) in [4.78, 5) is 15.7. The van der Waals surface area contributed by atoms with Crippen molar-refractivity contribution in [2.45, 2.75) is 96.8 Å². The number of amidine groups is 1. The minimum atomic E-state index is -0.805. The first kappa shape index (κ1) is 25.6. The van der Waals surface area contributed by atoms with Crippen LogP contribution in [0.4, 0.5) is 0 Å². The molecule has 3 N–H and O–H groups in total. The van der Waals surface area contributed by atoms with Crippen LogP contribution in [-0.2, 0) is 4.79 Å². The Labute approximate surface area is 178 Å². The molecule has 5 heteroatoms. The lowest BCUT2D eigenvalue weighted by Crippen LogP contribution is -2.52. The zero-order valence-electron chi connectivity index (χ0n) is 18.7. The van der Waals surface area contributed by atoms with Crippen LogP contribution in [0.5, 0.6) is 0 Å². The summed E-state index contributed by atoms with van der Waals surface area (Å²) in [6, 6.07) is 0. The van der Waals surface area contributed by atoms with Crippen molar-refractivity contribution in [3.8, 4) is 0 Å². The quantitative estimate of drug-likeness (QED) is 0.162. The minimum Gasteiger partial charge on any atom is -0.477 e. The van der Waals surface area contributed by atoms with Crippen LogP contribution in [0.15, 0.2) is 29.5 Å². The van der Waals surface area contributed by atoms with Crippen molar-refractivity contribution in [3.05, 3.63) is 24.6 Å². The predicted octanol–water partition coefficient (Wildman–Crippen LogP) is 5.77. The van der Waals surface area contributed by atoms with Crippen LogP contribution in [0.3, 0.4) is 0 Å². The molecule has 5 nitrogen and oxygen atoms in total. The highest BCUT2D eigenvalue weighted by molar-refractivity contribution is 5.81. The average Bonchev–Trinajstić information content (AvgIpc) is 3.06. The second-order valence-corrected chi connectivity index (χ2v) is 8.28. The molecule has 0 aliphatic carbocycles. The number of aliphatic imine (C=N–C) groups is 1. The normalized spacial score (nSPS) is 18.6. The highest BCUT2D eigenvalue weighted by Gasteiger charge is 2.36. The Hall–Kier alpha value is -1.46. The molecule has 0 fully saturated rings. The predicted molar refractivity (Wildman–Crippen MR) is 123 cm³/mol. The molecule has 0 radical (unpaired) electrons. The van der Waals surface area contributed by atoms with Crippen LogP contribution < -0.4 is 5.73 Å². The molecular formula is C24H44N3O2+. The van der Waals surface area contributed by atoms with E-state index < -0.39 is 5.97 Å². The lowest BCUT2D eigenvalue weighted by atomic mass is 10.1. The van der Waals surface area contributed by atoms with E-state index in [1.807, 2.05) is 6.20 Å². The fourth-order valence-electron chi connectivity index (χ4n) is 3.99. The van der Waals surface area contributed by atoms with E-state index in [9.17, 15) is 9.90 Å². The number of unbranched alkanes of at least 4 members (excludes halogenated alkanes) is 11. The van der Waals surface area contributed by atoms with Crippen molar-refractivity contribution < 1.29 is 14.4 Å². The third-order valence-electron chi connectivity index (χ3n) is 5.70. The highest BCUT2D eigenvalue weighted by atomic mass is 16.4. The Morgan fingerprint density at radius 3 is 2.17 bits per heavy atom. The van der Waals surface area contributed by atoms with E-state index in [2.05, 4.69) is 24.1 Å². The minimum absolute atomic E-state index is 0.0378. The molecule has 0 amide bonds. The summed E-state index contributed by atoms with van der Waals surface area (Å²) in [5.74, 6) is 0.147. The molecule has 166 valence electrons. The van der Waals surface area contributed by atoms with Crippen LogP contribution in [0, 0.1) is 0 Å². The zero-order chi connectivity index (χ0) is 21.2. The Morgan fingerprint density at radius 1 is 1.00 bits per heavy atom. The van der Waals surface area contributed by atoms with Gasteiger partial charge in [0.25, 0.3) is 0 Å². The van der Waals surface area contributed by atoms with Crippen LogP contribution in [0.2, 0.25) is 0 Å². The highest BCUT2D eigenvalue weighted by Crippen LogP contribution is 2.21. The second kappa shape index (κ2) is 16.3. The summed E-state index contributed by atoms with van der Waals surface area (Å²) in [6.45, 7) is 3.37. The first-order valence-electron chi connectivity index (χ1n) is 11.8. The van der Waals surface area contributed by atoms with Gasteiger partial charge in [0.15, 0.2) is 6.54 Å². The number of carboxylic acids is 1. The van der Waals surface area contributed by atoms with Gasteiger partial charge in [0.05, 0.1) is 6.20 Å². The standard InChI is InChI=1S/C24H43N3O2/c1-2-3-4-5-6-7-8-9-10-11-12-13-14-15-16-17-23-26-19-21-27(23,20-18-25)22-24(28)29/h10-11,19,21H,2-9,12-18,20,22,25H2,1H3/p+1/b11-10+. The number of hydrogen-bond donors (Lipinski definition) is 2. The molecule has 1 unspecified atom stereocenters. The van der Waals surface area contributed by atoms with Crippen molar-refractivity contribution in [1.82, 2.24) is 0 Å². The number of allylic oxidation sites excluding steroid dienone is 2. The topological polar surface area (TPSA) is 75.7 Å². The molecule has 1 heterocycles. The van der Waals surface area contributed by atoms with Crippen LogP contribution in [0.1, 0.15) is 96.8 Å². The second-order valence-electron chi connectivity index (χ2n) is 8.28. The smallest absolute Gasteiger partial charge is 0.360 e. The van der Waals surface area contributed by atoms with Gasteiger partial charge in [-0.2, -0.15) is 0 Å². The summed E-state index contributed by atoms with van der Waals surface area (Å²) >= 11 is 0. The van der Waals surface area contributed by atoms with Crippen molar-refractivity contribution in [3.63, 3.8) is 0 Å². The molecule has 1 aliphatic rings. The van der Waals surface area contributed by atoms with E-state index in [0.717, 1.165) is 18.7 Å². The lowest BCUT2D eigenvalue weighted by molar-refractivity contribution is -0.778. The summed E-state index contributed by atoms with van der Waals surface area (Å²) < 4.78 is 0.299. The molecule has 1 atom stereocenters. The molecule has 1 aliphatic heterocycles. The summed E-state index contributed by atoms with van der Waals surface area (Å²) in [6.07, 6.45) is 25.9. The maximum atomic E-state index is 11.2. The largest absolute Gasteiger partial charge is 0.477 e. The van der Waals surface area contributed by atoms with E-state index >= 15 is 0 Å². The summed E-state index contributed by atoms with van der Waals surface area (Å²) in [5.41, 5.74) is 5.71. The number of aliphatic carboxylic acids is 1. The fourth-order valence-corrected chi connectivity index (χ4v) is 3.99. The van der Waals surface area contributed by atoms with Gasteiger partial charge in [0.2, 0.25) is 5.84 Å². The van der Waals surface area contributed by atoms with Gasteiger partial charge in [-0.3, -0.25) is 0 Å². The van der Waals surface area contributed by atoms with Gasteiger partial charge in [-0.05, 0) is 32.1 Å². The van der Waals surface area contributed by atoms with E-state index in [-0.39, 0.29) is 6.54 Å². The molecule has 0 aromatic heterocycles. The van der Waals surface area contributed by atoms with Crippen molar-refractivity contribution in [2.24, 2.45) is 10.7 Å². The monoisotopic (exact) mass is 406 g/mol. The van der Waals surface area contributed by atoms with Gasteiger partial charge < -0.3 is 10.8 Å². The molecule has 0 saturated heterocycles. The van der Waals surface area contributed by atoms with Gasteiger partial charge >= 0.3 is 5.97 Å². The van der Waals surface area contributed by atoms with E-state index in [4.69, 9.17) is 5.73 Å². The van der Waals surface area contributed by atoms with Gasteiger partial charge in [0, 0.05) is 13.0 Å². The third kappa shape index (κ3) is 11.3. The van der Waals surface area contributed by atoms with Gasteiger partial charge in [-0.15, -0.1) is 0 Å². The Morgan fingerprint density at radius 2 is 1.59 bits per heavy atom. The van der Waals surface area contributed by atoms with Crippen molar-refractivity contribution in [1.29, 1.82) is 0 Å².